The van der Waals surface area contributed by atoms with E-state index in [2.05, 4.69) is 11.3 Å². The van der Waals surface area contributed by atoms with Crippen molar-refractivity contribution in [2.45, 2.75) is 19.3 Å². The first-order chi connectivity index (χ1) is 5.25. The molecule has 1 N–H and O–H groups in total. The second kappa shape index (κ2) is 5.45. The molecular formula is C6H11LiO5S. The van der Waals surface area contributed by atoms with Crippen molar-refractivity contribution >= 4 is 16.1 Å². The van der Waals surface area contributed by atoms with Gasteiger partial charge in [-0.1, -0.05) is 6.58 Å². The van der Waals surface area contributed by atoms with Gasteiger partial charge in [0.15, 0.2) is 0 Å². The summed E-state index contributed by atoms with van der Waals surface area (Å²) in [5.41, 5.74) is -1.48. The van der Waals surface area contributed by atoms with Gasteiger partial charge in [-0.25, -0.2) is 4.79 Å². The summed E-state index contributed by atoms with van der Waals surface area (Å²) in [6, 6.07) is 0. The molecule has 0 fully saturated rings. The first kappa shape index (κ1) is 15.2. The fraction of sp³-hybridized carbons (Fsp3) is 0.500. The first-order valence-electron chi connectivity index (χ1n) is 3.08. The van der Waals surface area contributed by atoms with Crippen LogP contribution in [0.2, 0.25) is 0 Å². The molecule has 0 saturated carbocycles. The van der Waals surface area contributed by atoms with Gasteiger partial charge in [-0.3, -0.25) is 4.55 Å². The van der Waals surface area contributed by atoms with E-state index in [0.717, 1.165) is 6.92 Å². The molecule has 0 aliphatic rings. The van der Waals surface area contributed by atoms with E-state index in [1.54, 1.807) is 0 Å². The van der Waals surface area contributed by atoms with Crippen LogP contribution in [0.1, 0.15) is 15.3 Å². The van der Waals surface area contributed by atoms with Crippen LogP contribution >= 0.6 is 0 Å². The number of esters is 1. The standard InChI is InChI=1S/C6H10O5S.Li.H/c1-4(2)6(7)11-5(3)12(8,9)10;;/h5H,1H2,2-3H3,(H,8,9,10);;/q;+1;-1. The Hall–Kier alpha value is -0.283. The maximum Gasteiger partial charge on any atom is 1.00 e. The van der Waals surface area contributed by atoms with E-state index in [9.17, 15) is 13.2 Å². The van der Waals surface area contributed by atoms with Crippen molar-refractivity contribution in [2.75, 3.05) is 0 Å². The van der Waals surface area contributed by atoms with Gasteiger partial charge in [0.05, 0.1) is 0 Å². The van der Waals surface area contributed by atoms with Crippen LogP contribution in [-0.2, 0) is 19.6 Å². The molecule has 1 unspecified atom stereocenters. The van der Waals surface area contributed by atoms with Crippen LogP contribution in [0.3, 0.4) is 0 Å². The minimum absolute atomic E-state index is 0. The summed E-state index contributed by atoms with van der Waals surface area (Å²) in [4.78, 5) is 10.7. The zero-order valence-corrected chi connectivity index (χ0v) is 8.59. The third kappa shape index (κ3) is 5.88. The Kier molecular flexibility index (Phi) is 6.37. The first-order valence-corrected chi connectivity index (χ1v) is 4.58. The number of hydrogen-bond donors (Lipinski definition) is 1. The topological polar surface area (TPSA) is 80.7 Å². The predicted molar refractivity (Wildman–Crippen MR) is 43.0 cm³/mol. The Morgan fingerprint density at radius 3 is 2.23 bits per heavy atom. The van der Waals surface area contributed by atoms with Gasteiger partial charge in [0.25, 0.3) is 0 Å². The van der Waals surface area contributed by atoms with E-state index >= 15 is 0 Å². The van der Waals surface area contributed by atoms with Gasteiger partial charge in [-0.2, -0.15) is 8.42 Å². The molecule has 0 aromatic carbocycles. The summed E-state index contributed by atoms with van der Waals surface area (Å²) in [5, 5.41) is 0. The van der Waals surface area contributed by atoms with Crippen LogP contribution in [0.5, 0.6) is 0 Å². The van der Waals surface area contributed by atoms with Crippen LogP contribution in [0.25, 0.3) is 0 Å². The molecular weight excluding hydrogens is 191 g/mol. The number of carbonyl (C=O) groups is 1. The summed E-state index contributed by atoms with van der Waals surface area (Å²) < 4.78 is 33.4. The third-order valence-electron chi connectivity index (χ3n) is 1.04. The van der Waals surface area contributed by atoms with Gasteiger partial charge < -0.3 is 6.16 Å². The molecule has 0 amide bonds. The monoisotopic (exact) mass is 202 g/mol. The minimum Gasteiger partial charge on any atom is -1.00 e. The zero-order chi connectivity index (χ0) is 9.94. The number of hydrogen-bond acceptors (Lipinski definition) is 4. The molecule has 0 rings (SSSR count). The predicted octanol–water partition coefficient (Wildman–Crippen LogP) is -2.54. The van der Waals surface area contributed by atoms with Crippen molar-refractivity contribution in [1.82, 2.24) is 0 Å². The Balaban J connectivity index is -0.000000605. The largest absolute Gasteiger partial charge is 1.00 e. The van der Waals surface area contributed by atoms with Gasteiger partial charge >= 0.3 is 34.9 Å². The van der Waals surface area contributed by atoms with Crippen molar-refractivity contribution in [3.8, 4) is 0 Å². The van der Waals surface area contributed by atoms with Crippen LogP contribution in [-0.4, -0.2) is 24.4 Å². The fourth-order valence-corrected chi connectivity index (χ4v) is 0.521. The molecule has 0 aromatic rings. The molecule has 13 heavy (non-hydrogen) atoms. The number of carbonyl (C=O) groups excluding carboxylic acids is 1. The number of rotatable bonds is 3. The molecule has 0 radical (unpaired) electrons. The van der Waals surface area contributed by atoms with Crippen LogP contribution < -0.4 is 18.9 Å². The molecule has 0 saturated heterocycles. The Labute approximate surface area is 90.6 Å². The van der Waals surface area contributed by atoms with E-state index < -0.39 is 21.5 Å². The van der Waals surface area contributed by atoms with E-state index in [-0.39, 0.29) is 25.9 Å². The second-order valence-electron chi connectivity index (χ2n) is 2.27. The second-order valence-corrected chi connectivity index (χ2v) is 3.96. The summed E-state index contributed by atoms with van der Waals surface area (Å²) in [7, 11) is -4.32. The molecule has 0 aliphatic carbocycles. The fourth-order valence-electron chi connectivity index (χ4n) is 0.312. The van der Waals surface area contributed by atoms with Crippen molar-refractivity contribution in [3.63, 3.8) is 0 Å². The van der Waals surface area contributed by atoms with E-state index in [1.807, 2.05) is 0 Å². The van der Waals surface area contributed by atoms with E-state index in [4.69, 9.17) is 4.55 Å². The Bertz CT molecular complexity index is 299. The molecule has 0 heterocycles. The van der Waals surface area contributed by atoms with Crippen molar-refractivity contribution in [3.05, 3.63) is 12.2 Å². The maximum atomic E-state index is 10.7. The minimum atomic E-state index is -4.32. The van der Waals surface area contributed by atoms with Crippen molar-refractivity contribution in [1.29, 1.82) is 0 Å². The molecule has 5 nitrogen and oxygen atoms in total. The van der Waals surface area contributed by atoms with Gasteiger partial charge in [-0.05, 0) is 13.8 Å². The molecule has 7 heteroatoms. The average Bonchev–Trinajstić information content (AvgIpc) is 1.85. The molecule has 0 aromatic heterocycles. The number of ether oxygens (including phenoxy) is 1. The SMILES string of the molecule is C=C(C)C(=O)OC(C)S(=O)(=O)O.[H-].[Li+]. The van der Waals surface area contributed by atoms with Crippen LogP contribution in [0.4, 0.5) is 0 Å². The summed E-state index contributed by atoms with van der Waals surface area (Å²) >= 11 is 0. The van der Waals surface area contributed by atoms with Crippen molar-refractivity contribution < 1.29 is 42.8 Å². The third-order valence-corrected chi connectivity index (χ3v) is 1.98. The maximum absolute atomic E-state index is 10.7. The van der Waals surface area contributed by atoms with Gasteiger partial charge in [0.1, 0.15) is 0 Å². The van der Waals surface area contributed by atoms with Crippen LogP contribution in [0.15, 0.2) is 12.2 Å². The normalized spacial score (nSPS) is 12.5. The van der Waals surface area contributed by atoms with Crippen molar-refractivity contribution in [2.24, 2.45) is 0 Å². The van der Waals surface area contributed by atoms with Gasteiger partial charge in [0, 0.05) is 5.57 Å². The van der Waals surface area contributed by atoms with Gasteiger partial charge in [-0.15, -0.1) is 0 Å². The van der Waals surface area contributed by atoms with E-state index in [1.165, 1.54) is 6.92 Å². The smallest absolute Gasteiger partial charge is 1.00 e. The molecule has 72 valence electrons. The molecule has 0 bridgehead atoms. The molecule has 1 atom stereocenters. The van der Waals surface area contributed by atoms with Crippen LogP contribution in [0, 0.1) is 0 Å². The summed E-state index contributed by atoms with van der Waals surface area (Å²) in [6.07, 6.45) is 0. The Morgan fingerprint density at radius 1 is 1.62 bits per heavy atom. The Morgan fingerprint density at radius 2 is 2.00 bits per heavy atom. The quantitative estimate of drug-likeness (QED) is 0.236. The average molecular weight is 202 g/mol. The summed E-state index contributed by atoms with van der Waals surface area (Å²) in [6.45, 7) is 5.66. The molecule has 0 spiro atoms. The zero-order valence-electron chi connectivity index (χ0n) is 8.77. The van der Waals surface area contributed by atoms with Gasteiger partial charge in [0.2, 0.25) is 5.44 Å². The molecule has 0 aliphatic heterocycles. The summed E-state index contributed by atoms with van der Waals surface area (Å²) in [5.74, 6) is -0.847. The van der Waals surface area contributed by atoms with E-state index in [0.29, 0.717) is 0 Å².